The van der Waals surface area contributed by atoms with Crippen molar-refractivity contribution in [2.45, 2.75) is 12.8 Å². The second-order valence-corrected chi connectivity index (χ2v) is 7.08. The summed E-state index contributed by atoms with van der Waals surface area (Å²) < 4.78 is 37.5. The fourth-order valence-corrected chi connectivity index (χ4v) is 3.37. The van der Waals surface area contributed by atoms with E-state index in [1.807, 2.05) is 12.1 Å². The molecule has 3 aromatic carbocycles. The van der Waals surface area contributed by atoms with Gasteiger partial charge in [0.1, 0.15) is 5.82 Å². The van der Waals surface area contributed by atoms with E-state index in [9.17, 15) is 22.7 Å². The number of nitrogens with one attached hydrogen (secondary N) is 2. The lowest BCUT2D eigenvalue weighted by Gasteiger charge is -2.13. The highest BCUT2D eigenvalue weighted by Crippen LogP contribution is 2.25. The maximum Gasteiger partial charge on any atom is 0.337 e. The minimum absolute atomic E-state index is 0.100. The standard InChI is InChI=1S/C21H19FN2O4S/c22-16-8-10-17(11-9-16)23-20-13-14(6-12-18(20)21(25)26)5-7-15-3-1-2-4-19(15)24-29(27)28/h1-4,6,8-13,23,29H,5,7H2,(H,25,26)(H,24,27,28). The third-order valence-corrected chi connectivity index (χ3v) is 4.77. The number of para-hydroxylation sites is 1. The zero-order valence-electron chi connectivity index (χ0n) is 15.3. The third-order valence-electron chi connectivity index (χ3n) is 4.35. The van der Waals surface area contributed by atoms with E-state index in [1.165, 1.54) is 30.3 Å². The smallest absolute Gasteiger partial charge is 0.337 e. The highest BCUT2D eigenvalue weighted by atomic mass is 32.2. The molecule has 29 heavy (non-hydrogen) atoms. The third kappa shape index (κ3) is 5.55. The Morgan fingerprint density at radius 2 is 1.66 bits per heavy atom. The maximum atomic E-state index is 13.1. The lowest BCUT2D eigenvalue weighted by Crippen LogP contribution is -2.05. The number of carboxylic acids is 1. The second-order valence-electron chi connectivity index (χ2n) is 6.34. The van der Waals surface area contributed by atoms with Crippen molar-refractivity contribution in [1.82, 2.24) is 0 Å². The molecule has 3 rings (SSSR count). The van der Waals surface area contributed by atoms with Gasteiger partial charge in [0.2, 0.25) is 10.9 Å². The van der Waals surface area contributed by atoms with Gasteiger partial charge in [0.25, 0.3) is 0 Å². The molecular weight excluding hydrogens is 395 g/mol. The Balaban J connectivity index is 1.82. The first-order valence-corrected chi connectivity index (χ1v) is 9.98. The molecule has 0 aliphatic rings. The van der Waals surface area contributed by atoms with Crippen molar-refractivity contribution in [3.05, 3.63) is 89.2 Å². The van der Waals surface area contributed by atoms with Crippen LogP contribution in [0.3, 0.4) is 0 Å². The summed E-state index contributed by atoms with van der Waals surface area (Å²) in [5.41, 5.74) is 3.30. The zero-order valence-corrected chi connectivity index (χ0v) is 16.2. The van der Waals surface area contributed by atoms with Crippen LogP contribution >= 0.6 is 0 Å². The van der Waals surface area contributed by atoms with Crippen LogP contribution in [0.15, 0.2) is 66.7 Å². The van der Waals surface area contributed by atoms with E-state index in [1.54, 1.807) is 24.3 Å². The van der Waals surface area contributed by atoms with E-state index in [0.29, 0.717) is 29.9 Å². The summed E-state index contributed by atoms with van der Waals surface area (Å²) in [5.74, 6) is -1.45. The van der Waals surface area contributed by atoms with Gasteiger partial charge in [0.15, 0.2) is 0 Å². The Morgan fingerprint density at radius 3 is 2.34 bits per heavy atom. The summed E-state index contributed by atoms with van der Waals surface area (Å²) >= 11 is 0. The van der Waals surface area contributed by atoms with E-state index < -0.39 is 16.9 Å². The number of thiol groups is 1. The molecule has 0 spiro atoms. The van der Waals surface area contributed by atoms with Crippen molar-refractivity contribution in [1.29, 1.82) is 0 Å². The van der Waals surface area contributed by atoms with E-state index >= 15 is 0 Å². The van der Waals surface area contributed by atoms with Crippen molar-refractivity contribution in [3.63, 3.8) is 0 Å². The molecule has 3 N–H and O–H groups in total. The molecule has 0 aromatic heterocycles. The predicted octanol–water partition coefficient (Wildman–Crippen LogP) is 3.99. The Bertz CT molecular complexity index is 1090. The van der Waals surface area contributed by atoms with Crippen LogP contribution in [0.2, 0.25) is 0 Å². The predicted molar refractivity (Wildman–Crippen MR) is 111 cm³/mol. The van der Waals surface area contributed by atoms with Gasteiger partial charge in [-0.3, -0.25) is 4.72 Å². The van der Waals surface area contributed by atoms with Crippen LogP contribution in [-0.2, 0) is 23.7 Å². The molecule has 8 heteroatoms. The number of carboxylic acid groups (broad SMARTS) is 1. The van der Waals surface area contributed by atoms with Crippen LogP contribution in [0, 0.1) is 5.82 Å². The molecule has 6 nitrogen and oxygen atoms in total. The minimum atomic E-state index is -2.76. The molecule has 0 saturated heterocycles. The SMILES string of the molecule is O=C(O)c1ccc(CCc2ccccc2N[SH](=O)=O)cc1Nc1ccc(F)cc1. The largest absolute Gasteiger partial charge is 0.478 e. The van der Waals surface area contributed by atoms with Crippen molar-refractivity contribution in [3.8, 4) is 0 Å². The van der Waals surface area contributed by atoms with Crippen LogP contribution in [0.5, 0.6) is 0 Å². The molecular formula is C21H19FN2O4S. The first kappa shape index (κ1) is 20.3. The van der Waals surface area contributed by atoms with Gasteiger partial charge in [0, 0.05) is 5.69 Å². The highest BCUT2D eigenvalue weighted by Gasteiger charge is 2.12. The molecule has 0 aliphatic heterocycles. The summed E-state index contributed by atoms with van der Waals surface area (Å²) in [4.78, 5) is 11.5. The fourth-order valence-electron chi connectivity index (χ4n) is 2.95. The number of halogens is 1. The molecule has 3 aromatic rings. The normalized spacial score (nSPS) is 10.7. The number of rotatable bonds is 8. The van der Waals surface area contributed by atoms with Crippen LogP contribution in [0.25, 0.3) is 0 Å². The molecule has 0 bridgehead atoms. The number of aryl methyl sites for hydroxylation is 2. The van der Waals surface area contributed by atoms with Gasteiger partial charge in [-0.05, 0) is 66.4 Å². The first-order chi connectivity index (χ1) is 13.9. The Labute approximate surface area is 169 Å². The van der Waals surface area contributed by atoms with E-state index in [-0.39, 0.29) is 11.4 Å². The zero-order chi connectivity index (χ0) is 20.8. The van der Waals surface area contributed by atoms with Gasteiger partial charge >= 0.3 is 5.97 Å². The molecule has 0 atom stereocenters. The summed E-state index contributed by atoms with van der Waals surface area (Å²) in [6.45, 7) is 0. The number of hydrogen-bond acceptors (Lipinski definition) is 4. The van der Waals surface area contributed by atoms with Crippen molar-refractivity contribution >= 4 is 33.9 Å². The Kier molecular flexibility index (Phi) is 6.46. The van der Waals surface area contributed by atoms with E-state index in [2.05, 4.69) is 10.0 Å². The number of carbonyl (C=O) groups is 1. The molecule has 150 valence electrons. The van der Waals surface area contributed by atoms with Crippen LogP contribution < -0.4 is 10.0 Å². The molecule has 0 saturated carbocycles. The Morgan fingerprint density at radius 1 is 0.931 bits per heavy atom. The molecule has 0 amide bonds. The fraction of sp³-hybridized carbons (Fsp3) is 0.0952. The summed E-state index contributed by atoms with van der Waals surface area (Å²) in [5, 5.41) is 12.5. The topological polar surface area (TPSA) is 95.5 Å². The lowest BCUT2D eigenvalue weighted by molar-refractivity contribution is 0.0698. The average Bonchev–Trinajstić information content (AvgIpc) is 2.68. The van der Waals surface area contributed by atoms with Gasteiger partial charge in [-0.1, -0.05) is 24.3 Å². The quantitative estimate of drug-likeness (QED) is 0.418. The molecule has 0 fully saturated rings. The van der Waals surface area contributed by atoms with Crippen molar-refractivity contribution < 1.29 is 22.7 Å². The van der Waals surface area contributed by atoms with E-state index in [0.717, 1.165) is 11.1 Å². The number of aromatic carboxylic acids is 1. The molecule has 0 aliphatic carbocycles. The number of hydrogen-bond donors (Lipinski definition) is 4. The minimum Gasteiger partial charge on any atom is -0.478 e. The number of benzene rings is 3. The van der Waals surface area contributed by atoms with Crippen molar-refractivity contribution in [2.75, 3.05) is 10.0 Å². The van der Waals surface area contributed by atoms with Gasteiger partial charge in [-0.15, -0.1) is 0 Å². The lowest BCUT2D eigenvalue weighted by atomic mass is 10.0. The molecule has 0 radical (unpaired) electrons. The summed E-state index contributed by atoms with van der Waals surface area (Å²) in [7, 11) is -2.76. The van der Waals surface area contributed by atoms with Gasteiger partial charge in [-0.2, -0.15) is 0 Å². The Hall–Kier alpha value is -3.39. The van der Waals surface area contributed by atoms with Crippen molar-refractivity contribution in [2.24, 2.45) is 0 Å². The second kappa shape index (κ2) is 9.20. The number of anilines is 3. The van der Waals surface area contributed by atoms with Gasteiger partial charge < -0.3 is 10.4 Å². The molecule has 0 unspecified atom stereocenters. The van der Waals surface area contributed by atoms with E-state index in [4.69, 9.17) is 0 Å². The van der Waals surface area contributed by atoms with Crippen LogP contribution in [-0.4, -0.2) is 19.5 Å². The highest BCUT2D eigenvalue weighted by molar-refractivity contribution is 7.73. The summed E-state index contributed by atoms with van der Waals surface area (Å²) in [6.07, 6.45) is 1.14. The summed E-state index contributed by atoms with van der Waals surface area (Å²) in [6, 6.07) is 17.7. The van der Waals surface area contributed by atoms with Crippen LogP contribution in [0.4, 0.5) is 21.5 Å². The molecule has 0 heterocycles. The maximum absolute atomic E-state index is 13.1. The van der Waals surface area contributed by atoms with Crippen LogP contribution in [0.1, 0.15) is 21.5 Å². The first-order valence-electron chi connectivity index (χ1n) is 8.80. The monoisotopic (exact) mass is 414 g/mol. The average molecular weight is 414 g/mol. The van der Waals surface area contributed by atoms with Gasteiger partial charge in [0.05, 0.1) is 16.9 Å². The van der Waals surface area contributed by atoms with Gasteiger partial charge in [-0.25, -0.2) is 17.6 Å².